The fourth-order valence-corrected chi connectivity index (χ4v) is 3.51. The van der Waals surface area contributed by atoms with E-state index >= 15 is 0 Å². The summed E-state index contributed by atoms with van der Waals surface area (Å²) in [4.78, 5) is 22.9. The lowest BCUT2D eigenvalue weighted by atomic mass is 10.0. The molecule has 0 fully saturated rings. The van der Waals surface area contributed by atoms with Crippen molar-refractivity contribution in [1.82, 2.24) is 5.48 Å². The standard InChI is InChI=1S/C28H27ClN2O6/c1-19(30-36-17-21-8-5-6-11-25(21)26(18-33-2)28(32)34-3)27(31-35-4)20-12-14-23(15-13-20)37-24-10-7-9-22(29)16-24/h5-16,18,30H,1,17H2,2-4H3. The van der Waals surface area contributed by atoms with E-state index < -0.39 is 5.97 Å². The fourth-order valence-electron chi connectivity index (χ4n) is 3.33. The quantitative estimate of drug-likeness (QED) is 0.104. The van der Waals surface area contributed by atoms with Crippen LogP contribution in [0.5, 0.6) is 11.5 Å². The zero-order valence-electron chi connectivity index (χ0n) is 20.7. The first kappa shape index (κ1) is 27.3. The Bertz CT molecular complexity index is 1290. The van der Waals surface area contributed by atoms with Crippen molar-refractivity contribution in [2.24, 2.45) is 5.16 Å². The third-order valence-electron chi connectivity index (χ3n) is 5.00. The number of halogens is 1. The van der Waals surface area contributed by atoms with Gasteiger partial charge in [0, 0.05) is 10.6 Å². The molecule has 0 aromatic heterocycles. The van der Waals surface area contributed by atoms with Crippen molar-refractivity contribution >= 4 is 28.9 Å². The highest BCUT2D eigenvalue weighted by Crippen LogP contribution is 2.25. The molecule has 1 N–H and O–H groups in total. The Hall–Kier alpha value is -4.27. The molecule has 0 aliphatic rings. The molecule has 192 valence electrons. The summed E-state index contributed by atoms with van der Waals surface area (Å²) in [6, 6.07) is 21.6. The molecule has 0 saturated heterocycles. The maximum Gasteiger partial charge on any atom is 0.341 e. The molecule has 0 aliphatic heterocycles. The van der Waals surface area contributed by atoms with Crippen molar-refractivity contribution in [1.29, 1.82) is 0 Å². The van der Waals surface area contributed by atoms with E-state index in [0.29, 0.717) is 33.5 Å². The minimum atomic E-state index is -0.524. The van der Waals surface area contributed by atoms with Crippen LogP contribution in [0.25, 0.3) is 5.57 Å². The van der Waals surface area contributed by atoms with Gasteiger partial charge in [0.15, 0.2) is 0 Å². The molecule has 0 atom stereocenters. The third-order valence-corrected chi connectivity index (χ3v) is 5.23. The largest absolute Gasteiger partial charge is 0.503 e. The lowest BCUT2D eigenvalue weighted by Gasteiger charge is -2.15. The number of ether oxygens (including phenoxy) is 3. The van der Waals surface area contributed by atoms with Crippen LogP contribution in [-0.2, 0) is 30.6 Å². The number of hydroxylamine groups is 1. The highest BCUT2D eigenvalue weighted by Gasteiger charge is 2.17. The van der Waals surface area contributed by atoms with Gasteiger partial charge in [-0.15, -0.1) is 0 Å². The van der Waals surface area contributed by atoms with E-state index in [4.69, 9.17) is 35.5 Å². The molecule has 0 amide bonds. The minimum absolute atomic E-state index is 0.111. The number of carbonyl (C=O) groups is 1. The number of carbonyl (C=O) groups excluding carboxylic acids is 1. The number of hydrogen-bond donors (Lipinski definition) is 1. The van der Waals surface area contributed by atoms with E-state index in [2.05, 4.69) is 17.2 Å². The maximum atomic E-state index is 12.2. The van der Waals surface area contributed by atoms with E-state index in [0.717, 1.165) is 11.1 Å². The van der Waals surface area contributed by atoms with Crippen molar-refractivity contribution in [2.75, 3.05) is 21.3 Å². The maximum absolute atomic E-state index is 12.2. The van der Waals surface area contributed by atoms with Gasteiger partial charge in [-0.3, -0.25) is 10.3 Å². The van der Waals surface area contributed by atoms with Crippen molar-refractivity contribution in [2.45, 2.75) is 6.61 Å². The molecule has 0 spiro atoms. The van der Waals surface area contributed by atoms with E-state index in [1.807, 2.05) is 36.4 Å². The number of rotatable bonds is 12. The molecule has 0 heterocycles. The third kappa shape index (κ3) is 7.60. The second-order valence-electron chi connectivity index (χ2n) is 7.49. The lowest BCUT2D eigenvalue weighted by molar-refractivity contribution is -0.133. The summed E-state index contributed by atoms with van der Waals surface area (Å²) in [5, 5.41) is 4.67. The van der Waals surface area contributed by atoms with Gasteiger partial charge in [0.1, 0.15) is 36.5 Å². The van der Waals surface area contributed by atoms with Crippen molar-refractivity contribution in [3.63, 3.8) is 0 Å². The molecule has 0 saturated carbocycles. The van der Waals surface area contributed by atoms with Gasteiger partial charge in [0.05, 0.1) is 26.2 Å². The van der Waals surface area contributed by atoms with Gasteiger partial charge >= 0.3 is 5.97 Å². The van der Waals surface area contributed by atoms with Crippen LogP contribution in [0.15, 0.2) is 96.5 Å². The summed E-state index contributed by atoms with van der Waals surface area (Å²) in [5.74, 6) is 0.727. The molecule has 3 aromatic carbocycles. The molecule has 0 radical (unpaired) electrons. The van der Waals surface area contributed by atoms with Gasteiger partial charge in [-0.2, -0.15) is 0 Å². The summed E-state index contributed by atoms with van der Waals surface area (Å²) >= 11 is 6.02. The van der Waals surface area contributed by atoms with E-state index in [1.54, 1.807) is 36.4 Å². The molecule has 3 aromatic rings. The molecule has 9 heteroatoms. The number of oxime groups is 1. The summed E-state index contributed by atoms with van der Waals surface area (Å²) < 4.78 is 15.8. The van der Waals surface area contributed by atoms with Crippen LogP contribution in [0, 0.1) is 0 Å². The molecule has 0 bridgehead atoms. The lowest BCUT2D eigenvalue weighted by Crippen LogP contribution is -2.21. The summed E-state index contributed by atoms with van der Waals surface area (Å²) in [6.45, 7) is 4.12. The van der Waals surface area contributed by atoms with Crippen LogP contribution in [0.2, 0.25) is 5.02 Å². The van der Waals surface area contributed by atoms with Gasteiger partial charge in [-0.25, -0.2) is 4.79 Å². The van der Waals surface area contributed by atoms with Crippen LogP contribution in [0.4, 0.5) is 0 Å². The fraction of sp³-hybridized carbons (Fsp3) is 0.143. The van der Waals surface area contributed by atoms with Crippen LogP contribution in [-0.4, -0.2) is 33.0 Å². The number of allylic oxidation sites excluding steroid dienone is 1. The Morgan fingerprint density at radius 2 is 1.76 bits per heavy atom. The van der Waals surface area contributed by atoms with Crippen LogP contribution >= 0.6 is 11.6 Å². The Morgan fingerprint density at radius 3 is 2.43 bits per heavy atom. The Kier molecular flexibility index (Phi) is 10.1. The predicted molar refractivity (Wildman–Crippen MR) is 142 cm³/mol. The van der Waals surface area contributed by atoms with Gasteiger partial charge < -0.3 is 19.0 Å². The normalized spacial score (nSPS) is 11.5. The highest BCUT2D eigenvalue weighted by molar-refractivity contribution is 6.30. The number of esters is 1. The zero-order valence-corrected chi connectivity index (χ0v) is 21.5. The monoisotopic (exact) mass is 522 g/mol. The average molecular weight is 523 g/mol. The molecule has 0 unspecified atom stereocenters. The van der Waals surface area contributed by atoms with E-state index in [1.165, 1.54) is 27.6 Å². The smallest absolute Gasteiger partial charge is 0.341 e. The molecular weight excluding hydrogens is 496 g/mol. The SMILES string of the molecule is C=C(NOCc1ccccc1C(=COC)C(=O)OC)C(=NOC)c1ccc(Oc2cccc(Cl)c2)cc1. The minimum Gasteiger partial charge on any atom is -0.503 e. The summed E-state index contributed by atoms with van der Waals surface area (Å²) in [6.07, 6.45) is 1.33. The average Bonchev–Trinajstić information content (AvgIpc) is 2.91. The van der Waals surface area contributed by atoms with Gasteiger partial charge in [-0.1, -0.05) is 53.7 Å². The number of nitrogens with one attached hydrogen (secondary N) is 1. The van der Waals surface area contributed by atoms with E-state index in [9.17, 15) is 4.79 Å². The van der Waals surface area contributed by atoms with Crippen LogP contribution in [0.1, 0.15) is 16.7 Å². The molecule has 0 aliphatic carbocycles. The number of benzene rings is 3. The first-order valence-corrected chi connectivity index (χ1v) is 11.5. The first-order chi connectivity index (χ1) is 18.0. The molecule has 37 heavy (non-hydrogen) atoms. The number of methoxy groups -OCH3 is 2. The second kappa shape index (κ2) is 13.7. The van der Waals surface area contributed by atoms with Crippen molar-refractivity contribution in [3.8, 4) is 11.5 Å². The van der Waals surface area contributed by atoms with E-state index in [-0.39, 0.29) is 12.2 Å². The van der Waals surface area contributed by atoms with Crippen LogP contribution < -0.4 is 10.2 Å². The zero-order chi connectivity index (χ0) is 26.6. The Morgan fingerprint density at radius 1 is 1.00 bits per heavy atom. The topological polar surface area (TPSA) is 87.6 Å². The summed E-state index contributed by atoms with van der Waals surface area (Å²) in [7, 11) is 4.21. The first-order valence-electron chi connectivity index (χ1n) is 11.1. The Labute approximate surface area is 220 Å². The van der Waals surface area contributed by atoms with Crippen molar-refractivity contribution < 1.29 is 28.7 Å². The highest BCUT2D eigenvalue weighted by atomic mass is 35.5. The number of nitrogens with zero attached hydrogens (tertiary/aromatic N) is 1. The van der Waals surface area contributed by atoms with Crippen LogP contribution in [0.3, 0.4) is 0 Å². The van der Waals surface area contributed by atoms with Gasteiger partial charge in [0.2, 0.25) is 0 Å². The summed E-state index contributed by atoms with van der Waals surface area (Å²) in [5.41, 5.74) is 5.92. The molecular formula is C28H27ClN2O6. The Balaban J connectivity index is 1.68. The second-order valence-corrected chi connectivity index (χ2v) is 7.93. The van der Waals surface area contributed by atoms with Gasteiger partial charge in [0.25, 0.3) is 0 Å². The predicted octanol–water partition coefficient (Wildman–Crippen LogP) is 5.88. The molecule has 3 rings (SSSR count). The number of hydrogen-bond acceptors (Lipinski definition) is 8. The van der Waals surface area contributed by atoms with Crippen molar-refractivity contribution in [3.05, 3.63) is 113 Å². The molecule has 8 nitrogen and oxygen atoms in total. The van der Waals surface area contributed by atoms with Gasteiger partial charge in [-0.05, 0) is 53.6 Å².